The molecule has 3 aromatic rings. The molecule has 0 aliphatic heterocycles. The van der Waals surface area contributed by atoms with E-state index in [0.29, 0.717) is 16.8 Å². The van der Waals surface area contributed by atoms with Crippen molar-refractivity contribution in [3.63, 3.8) is 0 Å². The largest absolute Gasteiger partial charge is 0.491 e. The number of anilines is 4. The van der Waals surface area contributed by atoms with Gasteiger partial charge in [-0.2, -0.15) is 10.1 Å². The predicted octanol–water partition coefficient (Wildman–Crippen LogP) is 5.42. The summed E-state index contributed by atoms with van der Waals surface area (Å²) in [5.74, 6) is 1.77. The number of hydrogen-bond donors (Lipinski definition) is 2. The maximum absolute atomic E-state index is 6.34. The van der Waals surface area contributed by atoms with E-state index in [1.807, 2.05) is 64.1 Å². The Morgan fingerprint density at radius 2 is 1.78 bits per heavy atom. The molecule has 0 saturated carbocycles. The summed E-state index contributed by atoms with van der Waals surface area (Å²) in [6, 6.07) is 11.6. The smallest absolute Gasteiger partial charge is 0.249 e. The van der Waals surface area contributed by atoms with Gasteiger partial charge < -0.3 is 15.4 Å². The van der Waals surface area contributed by atoms with Crippen LogP contribution in [0, 0.1) is 13.8 Å². The van der Waals surface area contributed by atoms with Crippen LogP contribution in [0.3, 0.4) is 0 Å². The monoisotopic (exact) mass is 383 g/mol. The van der Waals surface area contributed by atoms with Crippen LogP contribution in [0.2, 0.25) is 5.02 Å². The molecule has 0 radical (unpaired) electrons. The zero-order valence-electron chi connectivity index (χ0n) is 15.7. The molecule has 0 bridgehead atoms. The predicted molar refractivity (Wildman–Crippen MR) is 110 cm³/mol. The second-order valence-corrected chi connectivity index (χ2v) is 6.95. The summed E-state index contributed by atoms with van der Waals surface area (Å²) in [5, 5.41) is 15.0. The molecule has 1 aromatic heterocycles. The molecule has 1 heterocycles. The summed E-state index contributed by atoms with van der Waals surface area (Å²) in [7, 11) is 0. The van der Waals surface area contributed by atoms with Crippen LogP contribution in [0.25, 0.3) is 0 Å². The number of nitrogens with zero attached hydrogens (tertiary/aromatic N) is 3. The van der Waals surface area contributed by atoms with Crippen LogP contribution in [0.4, 0.5) is 23.1 Å². The van der Waals surface area contributed by atoms with E-state index in [-0.39, 0.29) is 6.10 Å². The average Bonchev–Trinajstić information content (AvgIpc) is 2.60. The van der Waals surface area contributed by atoms with Gasteiger partial charge in [0.15, 0.2) is 5.82 Å². The first kappa shape index (κ1) is 18.9. The molecule has 27 heavy (non-hydrogen) atoms. The lowest BCUT2D eigenvalue weighted by Crippen LogP contribution is -2.05. The second-order valence-electron chi connectivity index (χ2n) is 6.54. The lowest BCUT2D eigenvalue weighted by Gasteiger charge is -2.12. The van der Waals surface area contributed by atoms with Gasteiger partial charge in [-0.15, -0.1) is 5.10 Å². The van der Waals surface area contributed by atoms with Gasteiger partial charge in [0, 0.05) is 5.69 Å². The number of rotatable bonds is 6. The Hall–Kier alpha value is -2.86. The number of aromatic nitrogens is 3. The van der Waals surface area contributed by atoms with Crippen molar-refractivity contribution >= 4 is 34.7 Å². The summed E-state index contributed by atoms with van der Waals surface area (Å²) in [5.41, 5.74) is 3.77. The highest BCUT2D eigenvalue weighted by Crippen LogP contribution is 2.29. The van der Waals surface area contributed by atoms with Gasteiger partial charge in [-0.3, -0.25) is 0 Å². The molecule has 6 nitrogen and oxygen atoms in total. The van der Waals surface area contributed by atoms with Crippen molar-refractivity contribution in [1.29, 1.82) is 0 Å². The first-order valence-electron chi connectivity index (χ1n) is 8.68. The van der Waals surface area contributed by atoms with Crippen LogP contribution >= 0.6 is 11.6 Å². The van der Waals surface area contributed by atoms with Gasteiger partial charge in [0.1, 0.15) is 5.75 Å². The van der Waals surface area contributed by atoms with E-state index < -0.39 is 0 Å². The topological polar surface area (TPSA) is 72.0 Å². The molecule has 0 saturated heterocycles. The minimum Gasteiger partial charge on any atom is -0.491 e. The van der Waals surface area contributed by atoms with E-state index in [2.05, 4.69) is 25.8 Å². The van der Waals surface area contributed by atoms with Crippen LogP contribution in [0.5, 0.6) is 5.75 Å². The van der Waals surface area contributed by atoms with E-state index in [4.69, 9.17) is 16.3 Å². The van der Waals surface area contributed by atoms with Gasteiger partial charge in [0.05, 0.1) is 23.0 Å². The van der Waals surface area contributed by atoms with Crippen molar-refractivity contribution in [2.24, 2.45) is 0 Å². The molecule has 0 aliphatic rings. The molecule has 0 unspecified atom stereocenters. The van der Waals surface area contributed by atoms with Crippen LogP contribution in [-0.4, -0.2) is 21.3 Å². The number of benzene rings is 2. The van der Waals surface area contributed by atoms with Crippen molar-refractivity contribution in [2.45, 2.75) is 33.8 Å². The number of nitrogens with one attached hydrogen (secondary N) is 2. The Labute approximate surface area is 164 Å². The Balaban J connectivity index is 1.74. The fourth-order valence-electron chi connectivity index (χ4n) is 2.64. The van der Waals surface area contributed by atoms with Crippen LogP contribution in [0.1, 0.15) is 25.0 Å². The summed E-state index contributed by atoms with van der Waals surface area (Å²) in [6.45, 7) is 7.98. The van der Waals surface area contributed by atoms with E-state index in [1.54, 1.807) is 6.20 Å². The zero-order valence-corrected chi connectivity index (χ0v) is 16.5. The molecule has 0 aliphatic carbocycles. The third-order valence-electron chi connectivity index (χ3n) is 3.73. The zero-order chi connectivity index (χ0) is 19.4. The van der Waals surface area contributed by atoms with Crippen LogP contribution < -0.4 is 15.4 Å². The summed E-state index contributed by atoms with van der Waals surface area (Å²) >= 11 is 6.34. The van der Waals surface area contributed by atoms with Gasteiger partial charge in [0.2, 0.25) is 5.95 Å². The van der Waals surface area contributed by atoms with Crippen molar-refractivity contribution in [1.82, 2.24) is 15.2 Å². The van der Waals surface area contributed by atoms with Crippen LogP contribution in [-0.2, 0) is 0 Å². The molecule has 0 spiro atoms. The lowest BCUT2D eigenvalue weighted by atomic mass is 10.1. The van der Waals surface area contributed by atoms with Gasteiger partial charge in [0.25, 0.3) is 0 Å². The standard InChI is InChI=1S/C20H22ClN5O/c1-12(2)27-16-7-5-15(6-8-16)23-18-11-22-26-20(24-18)25-19-14(4)9-13(3)10-17(19)21/h5-12H,1-4H3,(H2,23,24,25,26). The molecular weight excluding hydrogens is 362 g/mol. The summed E-state index contributed by atoms with van der Waals surface area (Å²) in [4.78, 5) is 4.45. The highest BCUT2D eigenvalue weighted by molar-refractivity contribution is 6.33. The molecule has 0 fully saturated rings. The quantitative estimate of drug-likeness (QED) is 0.592. The van der Waals surface area contributed by atoms with Crippen molar-refractivity contribution < 1.29 is 4.74 Å². The third kappa shape index (κ3) is 5.08. The van der Waals surface area contributed by atoms with Crippen molar-refractivity contribution in [3.8, 4) is 5.75 Å². The summed E-state index contributed by atoms with van der Waals surface area (Å²) < 4.78 is 5.65. The van der Waals surface area contributed by atoms with E-state index in [9.17, 15) is 0 Å². The molecule has 2 aromatic carbocycles. The van der Waals surface area contributed by atoms with Crippen LogP contribution in [0.15, 0.2) is 42.6 Å². The first-order chi connectivity index (χ1) is 12.9. The van der Waals surface area contributed by atoms with Gasteiger partial charge in [-0.25, -0.2) is 0 Å². The Kier molecular flexibility index (Phi) is 5.76. The molecule has 3 rings (SSSR count). The number of ether oxygens (including phenoxy) is 1. The molecule has 0 amide bonds. The van der Waals surface area contributed by atoms with Gasteiger partial charge in [-0.1, -0.05) is 17.7 Å². The number of aryl methyl sites for hydroxylation is 2. The minimum absolute atomic E-state index is 0.139. The lowest BCUT2D eigenvalue weighted by molar-refractivity contribution is 0.242. The Morgan fingerprint density at radius 3 is 2.44 bits per heavy atom. The number of halogens is 1. The minimum atomic E-state index is 0.139. The number of hydrogen-bond acceptors (Lipinski definition) is 6. The van der Waals surface area contributed by atoms with E-state index >= 15 is 0 Å². The fourth-order valence-corrected chi connectivity index (χ4v) is 3.01. The highest BCUT2D eigenvalue weighted by atomic mass is 35.5. The van der Waals surface area contributed by atoms with E-state index in [1.165, 1.54) is 0 Å². The third-order valence-corrected chi connectivity index (χ3v) is 4.02. The molecule has 140 valence electrons. The molecular formula is C20H22ClN5O. The van der Waals surface area contributed by atoms with Gasteiger partial charge >= 0.3 is 0 Å². The first-order valence-corrected chi connectivity index (χ1v) is 9.06. The maximum atomic E-state index is 6.34. The van der Waals surface area contributed by atoms with Gasteiger partial charge in [-0.05, 0) is 69.2 Å². The molecule has 2 N–H and O–H groups in total. The Morgan fingerprint density at radius 1 is 1.04 bits per heavy atom. The maximum Gasteiger partial charge on any atom is 0.249 e. The normalized spacial score (nSPS) is 10.7. The SMILES string of the molecule is Cc1cc(C)c(Nc2nncc(Nc3ccc(OC(C)C)cc3)n2)c(Cl)c1. The fraction of sp³-hybridized carbons (Fsp3) is 0.250. The summed E-state index contributed by atoms with van der Waals surface area (Å²) in [6.07, 6.45) is 1.70. The molecule has 7 heteroatoms. The molecule has 0 atom stereocenters. The second kappa shape index (κ2) is 8.22. The van der Waals surface area contributed by atoms with Crippen molar-refractivity contribution in [3.05, 3.63) is 58.7 Å². The Bertz CT molecular complexity index is 905. The van der Waals surface area contributed by atoms with Crippen molar-refractivity contribution in [2.75, 3.05) is 10.6 Å². The average molecular weight is 384 g/mol. The highest BCUT2D eigenvalue weighted by Gasteiger charge is 2.09. The van der Waals surface area contributed by atoms with E-state index in [0.717, 1.165) is 28.3 Å².